The Morgan fingerprint density at radius 2 is 1.39 bits per heavy atom. The quantitative estimate of drug-likeness (QED) is 0.203. The fourth-order valence-electron chi connectivity index (χ4n) is 2.16. The molecule has 0 aromatic heterocycles. The van der Waals surface area contributed by atoms with Crippen molar-refractivity contribution in [2.45, 2.75) is 55.1 Å². The van der Waals surface area contributed by atoms with Crippen LogP contribution < -0.4 is 0 Å². The maximum Gasteiger partial charge on any atom is 0.187 e. The predicted molar refractivity (Wildman–Crippen MR) is 70.8 cm³/mol. The summed E-state index contributed by atoms with van der Waals surface area (Å²) >= 11 is 0. The smallest absolute Gasteiger partial charge is 0.187 e. The SMILES string of the molecule is OCC1O[C@H](O[C@H](C(O)CO)C(O)[C@H](O)CO)C(O)C(O)[C@@H]1O. The van der Waals surface area contributed by atoms with E-state index in [1.165, 1.54) is 0 Å². The van der Waals surface area contributed by atoms with E-state index >= 15 is 0 Å². The molecule has 1 saturated heterocycles. The van der Waals surface area contributed by atoms with Crippen molar-refractivity contribution in [3.63, 3.8) is 0 Å². The molecule has 1 aliphatic heterocycles. The Labute approximate surface area is 131 Å². The van der Waals surface area contributed by atoms with E-state index < -0.39 is 74.9 Å². The molecule has 0 radical (unpaired) electrons. The number of hydrogen-bond donors (Lipinski definition) is 9. The van der Waals surface area contributed by atoms with E-state index in [4.69, 9.17) is 24.8 Å². The van der Waals surface area contributed by atoms with E-state index in [2.05, 4.69) is 0 Å². The van der Waals surface area contributed by atoms with Gasteiger partial charge in [-0.1, -0.05) is 0 Å². The zero-order valence-corrected chi connectivity index (χ0v) is 12.2. The van der Waals surface area contributed by atoms with Crippen molar-refractivity contribution in [1.82, 2.24) is 0 Å². The molecule has 0 aliphatic carbocycles. The van der Waals surface area contributed by atoms with E-state index in [-0.39, 0.29) is 0 Å². The van der Waals surface area contributed by atoms with Crippen LogP contribution in [0.1, 0.15) is 0 Å². The average Bonchev–Trinajstić information content (AvgIpc) is 2.57. The van der Waals surface area contributed by atoms with Gasteiger partial charge in [-0.15, -0.1) is 0 Å². The standard InChI is InChI=1S/C12H24O11/c13-1-4(16)7(18)11(5(17)2-14)23-12-10(21)9(20)8(19)6(3-15)22-12/h4-21H,1-3H2/t4-,5?,6?,7?,8-,9?,10?,11-,12-/m1/s1. The van der Waals surface area contributed by atoms with Gasteiger partial charge < -0.3 is 55.4 Å². The van der Waals surface area contributed by atoms with Crippen LogP contribution in [0.4, 0.5) is 0 Å². The monoisotopic (exact) mass is 344 g/mol. The van der Waals surface area contributed by atoms with Gasteiger partial charge in [0.1, 0.15) is 48.8 Å². The molecule has 1 heterocycles. The van der Waals surface area contributed by atoms with Crippen molar-refractivity contribution in [3.05, 3.63) is 0 Å². The molecule has 9 atom stereocenters. The lowest BCUT2D eigenvalue weighted by Gasteiger charge is -2.42. The summed E-state index contributed by atoms with van der Waals surface area (Å²) in [5.41, 5.74) is 0. The van der Waals surface area contributed by atoms with Crippen LogP contribution in [0.5, 0.6) is 0 Å². The molecular weight excluding hydrogens is 320 g/mol. The number of aliphatic hydroxyl groups is 9. The third-order valence-corrected chi connectivity index (χ3v) is 3.62. The van der Waals surface area contributed by atoms with Crippen LogP contribution in [0.25, 0.3) is 0 Å². The van der Waals surface area contributed by atoms with E-state index in [0.29, 0.717) is 0 Å². The maximum absolute atomic E-state index is 9.83. The topological polar surface area (TPSA) is 201 Å². The van der Waals surface area contributed by atoms with Crippen LogP contribution in [0.3, 0.4) is 0 Å². The Kier molecular flexibility index (Phi) is 8.20. The largest absolute Gasteiger partial charge is 0.394 e. The number of rotatable bonds is 8. The summed E-state index contributed by atoms with van der Waals surface area (Å²) in [5, 5.41) is 84.9. The highest BCUT2D eigenvalue weighted by atomic mass is 16.7. The predicted octanol–water partition coefficient (Wildman–Crippen LogP) is -5.76. The van der Waals surface area contributed by atoms with Gasteiger partial charge in [0.25, 0.3) is 0 Å². The van der Waals surface area contributed by atoms with Gasteiger partial charge in [-0.3, -0.25) is 0 Å². The van der Waals surface area contributed by atoms with Gasteiger partial charge in [0, 0.05) is 0 Å². The highest BCUT2D eigenvalue weighted by Gasteiger charge is 2.46. The zero-order chi connectivity index (χ0) is 17.7. The summed E-state index contributed by atoms with van der Waals surface area (Å²) in [6, 6.07) is 0. The number of ether oxygens (including phenoxy) is 2. The lowest BCUT2D eigenvalue weighted by Crippen LogP contribution is -2.61. The third kappa shape index (κ3) is 4.78. The summed E-state index contributed by atoms with van der Waals surface area (Å²) in [4.78, 5) is 0. The molecule has 9 N–H and O–H groups in total. The minimum absolute atomic E-state index is 0.708. The van der Waals surface area contributed by atoms with E-state index in [0.717, 1.165) is 0 Å². The second kappa shape index (κ2) is 9.15. The van der Waals surface area contributed by atoms with Crippen LogP contribution in [0.2, 0.25) is 0 Å². The average molecular weight is 344 g/mol. The molecule has 138 valence electrons. The second-order valence-corrected chi connectivity index (χ2v) is 5.29. The molecule has 11 nitrogen and oxygen atoms in total. The molecule has 0 aromatic carbocycles. The molecule has 0 spiro atoms. The van der Waals surface area contributed by atoms with Gasteiger partial charge in [-0.05, 0) is 0 Å². The Hall–Kier alpha value is -0.440. The van der Waals surface area contributed by atoms with Gasteiger partial charge in [-0.2, -0.15) is 0 Å². The van der Waals surface area contributed by atoms with Crippen molar-refractivity contribution in [2.75, 3.05) is 19.8 Å². The van der Waals surface area contributed by atoms with Crippen molar-refractivity contribution in [2.24, 2.45) is 0 Å². The molecule has 11 heteroatoms. The second-order valence-electron chi connectivity index (χ2n) is 5.29. The van der Waals surface area contributed by atoms with E-state index in [9.17, 15) is 30.6 Å². The van der Waals surface area contributed by atoms with Gasteiger partial charge in [0.15, 0.2) is 6.29 Å². The minimum atomic E-state index is -1.85. The molecule has 0 bridgehead atoms. The first kappa shape index (κ1) is 20.6. The van der Waals surface area contributed by atoms with Gasteiger partial charge in [0.05, 0.1) is 19.8 Å². The lowest BCUT2D eigenvalue weighted by atomic mass is 9.98. The van der Waals surface area contributed by atoms with E-state index in [1.807, 2.05) is 0 Å². The first-order chi connectivity index (χ1) is 10.8. The van der Waals surface area contributed by atoms with E-state index in [1.54, 1.807) is 0 Å². The molecule has 1 rings (SSSR count). The molecule has 5 unspecified atom stereocenters. The van der Waals surface area contributed by atoms with Crippen LogP contribution >= 0.6 is 0 Å². The molecule has 0 saturated carbocycles. The highest BCUT2D eigenvalue weighted by Crippen LogP contribution is 2.24. The Morgan fingerprint density at radius 3 is 1.87 bits per heavy atom. The first-order valence-corrected chi connectivity index (χ1v) is 7.00. The Bertz CT molecular complexity index is 341. The minimum Gasteiger partial charge on any atom is -0.394 e. The Balaban J connectivity index is 2.89. The Morgan fingerprint density at radius 1 is 0.826 bits per heavy atom. The summed E-state index contributed by atoms with van der Waals surface area (Å²) < 4.78 is 10.1. The van der Waals surface area contributed by atoms with Crippen LogP contribution in [-0.4, -0.2) is 121 Å². The molecule has 1 fully saturated rings. The molecule has 0 aromatic rings. The van der Waals surface area contributed by atoms with Crippen molar-refractivity contribution >= 4 is 0 Å². The summed E-state index contributed by atoms with van der Waals surface area (Å²) in [6.45, 7) is -2.45. The number of hydrogen-bond acceptors (Lipinski definition) is 11. The summed E-state index contributed by atoms with van der Waals surface area (Å²) in [5.74, 6) is 0. The van der Waals surface area contributed by atoms with Gasteiger partial charge >= 0.3 is 0 Å². The zero-order valence-electron chi connectivity index (χ0n) is 12.2. The van der Waals surface area contributed by atoms with Crippen molar-refractivity contribution in [3.8, 4) is 0 Å². The van der Waals surface area contributed by atoms with Gasteiger partial charge in [0.2, 0.25) is 0 Å². The van der Waals surface area contributed by atoms with Crippen LogP contribution in [0, 0.1) is 0 Å². The fraction of sp³-hybridized carbons (Fsp3) is 1.00. The normalized spacial score (nSPS) is 37.2. The molecule has 0 amide bonds. The summed E-state index contributed by atoms with van der Waals surface area (Å²) in [6.07, 6.45) is -15.1. The highest BCUT2D eigenvalue weighted by molar-refractivity contribution is 4.91. The fourth-order valence-corrected chi connectivity index (χ4v) is 2.16. The maximum atomic E-state index is 9.83. The third-order valence-electron chi connectivity index (χ3n) is 3.62. The first-order valence-electron chi connectivity index (χ1n) is 7.00. The lowest BCUT2D eigenvalue weighted by molar-refractivity contribution is -0.327. The molecular formula is C12H24O11. The summed E-state index contributed by atoms with van der Waals surface area (Å²) in [7, 11) is 0. The number of aliphatic hydroxyl groups excluding tert-OH is 9. The van der Waals surface area contributed by atoms with Crippen LogP contribution in [-0.2, 0) is 9.47 Å². The van der Waals surface area contributed by atoms with Crippen molar-refractivity contribution < 1.29 is 55.4 Å². The molecule has 1 aliphatic rings. The molecule has 23 heavy (non-hydrogen) atoms. The van der Waals surface area contributed by atoms with Gasteiger partial charge in [-0.25, -0.2) is 0 Å². The van der Waals surface area contributed by atoms with Crippen molar-refractivity contribution in [1.29, 1.82) is 0 Å². The van der Waals surface area contributed by atoms with Crippen LogP contribution in [0.15, 0.2) is 0 Å².